The SMILES string of the molecule is C=C(C(=O)OCCCC[Si](OCC)(OCC)OCC)C1C2CCCCC21. The molecule has 0 amide bonds. The van der Waals surface area contributed by atoms with Crippen molar-refractivity contribution in [3.8, 4) is 0 Å². The monoisotopic (exact) mass is 384 g/mol. The molecular formula is C20H36O5Si. The van der Waals surface area contributed by atoms with Crippen LogP contribution in [0, 0.1) is 17.8 Å². The summed E-state index contributed by atoms with van der Waals surface area (Å²) in [6.45, 7) is 12.1. The first kappa shape index (κ1) is 21.6. The lowest BCUT2D eigenvalue weighted by molar-refractivity contribution is -0.139. The number of hydrogen-bond donors (Lipinski definition) is 0. The Labute approximate surface area is 159 Å². The Balaban J connectivity index is 1.67. The lowest BCUT2D eigenvalue weighted by atomic mass is 10.0. The highest BCUT2D eigenvalue weighted by Crippen LogP contribution is 2.58. The number of esters is 1. The highest BCUT2D eigenvalue weighted by molar-refractivity contribution is 6.60. The van der Waals surface area contributed by atoms with Gasteiger partial charge in [0.1, 0.15) is 0 Å². The molecule has 0 radical (unpaired) electrons. The minimum Gasteiger partial charge on any atom is -0.462 e. The van der Waals surface area contributed by atoms with Crippen LogP contribution < -0.4 is 0 Å². The van der Waals surface area contributed by atoms with Gasteiger partial charge in [0.25, 0.3) is 0 Å². The van der Waals surface area contributed by atoms with Gasteiger partial charge in [-0.25, -0.2) is 4.79 Å². The molecular weight excluding hydrogens is 348 g/mol. The van der Waals surface area contributed by atoms with Crippen LogP contribution in [0.25, 0.3) is 0 Å². The van der Waals surface area contributed by atoms with E-state index in [2.05, 4.69) is 6.58 Å². The van der Waals surface area contributed by atoms with Crippen molar-refractivity contribution in [2.24, 2.45) is 17.8 Å². The second-order valence-corrected chi connectivity index (χ2v) is 9.97. The molecule has 2 atom stereocenters. The largest absolute Gasteiger partial charge is 0.500 e. The summed E-state index contributed by atoms with van der Waals surface area (Å²) < 4.78 is 23.0. The smallest absolute Gasteiger partial charge is 0.462 e. The van der Waals surface area contributed by atoms with Crippen LogP contribution >= 0.6 is 0 Å². The van der Waals surface area contributed by atoms with E-state index in [0.29, 0.717) is 49.8 Å². The quantitative estimate of drug-likeness (QED) is 0.204. The number of fused-ring (bicyclic) bond motifs is 1. The van der Waals surface area contributed by atoms with E-state index >= 15 is 0 Å². The summed E-state index contributed by atoms with van der Waals surface area (Å²) in [7, 11) is -2.58. The third-order valence-corrected chi connectivity index (χ3v) is 8.68. The van der Waals surface area contributed by atoms with Gasteiger partial charge in [-0.05, 0) is 64.2 Å². The molecule has 0 N–H and O–H groups in total. The minimum absolute atomic E-state index is 0.202. The van der Waals surface area contributed by atoms with Crippen LogP contribution in [0.2, 0.25) is 6.04 Å². The molecule has 0 aromatic carbocycles. The summed E-state index contributed by atoms with van der Waals surface area (Å²) >= 11 is 0. The molecule has 2 saturated carbocycles. The first-order valence-corrected chi connectivity index (χ1v) is 12.3. The van der Waals surface area contributed by atoms with Crippen molar-refractivity contribution >= 4 is 14.8 Å². The zero-order valence-corrected chi connectivity index (χ0v) is 17.8. The van der Waals surface area contributed by atoms with Gasteiger partial charge in [-0.15, -0.1) is 0 Å². The highest BCUT2D eigenvalue weighted by atomic mass is 28.4. The van der Waals surface area contributed by atoms with E-state index in [1.807, 2.05) is 20.8 Å². The lowest BCUT2D eigenvalue weighted by Gasteiger charge is -2.28. The Hall–Kier alpha value is -0.693. The van der Waals surface area contributed by atoms with Crippen LogP contribution in [-0.4, -0.2) is 41.2 Å². The van der Waals surface area contributed by atoms with Crippen LogP contribution in [0.3, 0.4) is 0 Å². The van der Waals surface area contributed by atoms with Crippen molar-refractivity contribution in [1.29, 1.82) is 0 Å². The maximum absolute atomic E-state index is 12.2. The molecule has 0 heterocycles. The van der Waals surface area contributed by atoms with Crippen LogP contribution in [0.4, 0.5) is 0 Å². The number of carbonyl (C=O) groups is 1. The molecule has 0 aromatic heterocycles. The Kier molecular flexibility index (Phi) is 8.80. The van der Waals surface area contributed by atoms with Crippen LogP contribution in [0.15, 0.2) is 12.2 Å². The maximum atomic E-state index is 12.2. The number of unbranched alkanes of at least 4 members (excludes halogenated alkanes) is 1. The predicted molar refractivity (Wildman–Crippen MR) is 104 cm³/mol. The van der Waals surface area contributed by atoms with Crippen molar-refractivity contribution in [1.82, 2.24) is 0 Å². The van der Waals surface area contributed by atoms with E-state index in [1.165, 1.54) is 25.7 Å². The standard InChI is InChI=1S/C20H36O5Si/c1-5-23-26(24-6-2,25-7-3)15-11-10-14-22-20(21)16(4)19-17-12-8-9-13-18(17)19/h17-19H,4-15H2,1-3H3. The first-order chi connectivity index (χ1) is 12.6. The average molecular weight is 385 g/mol. The van der Waals surface area contributed by atoms with Crippen molar-refractivity contribution in [2.45, 2.75) is 65.3 Å². The van der Waals surface area contributed by atoms with Crippen LogP contribution in [-0.2, 0) is 22.8 Å². The Bertz CT molecular complexity index is 438. The number of rotatable bonds is 13. The van der Waals surface area contributed by atoms with E-state index < -0.39 is 8.80 Å². The van der Waals surface area contributed by atoms with Gasteiger partial charge < -0.3 is 18.0 Å². The molecule has 2 aliphatic rings. The second kappa shape index (κ2) is 10.6. The molecule has 0 saturated heterocycles. The van der Waals surface area contributed by atoms with Gasteiger partial charge >= 0.3 is 14.8 Å². The number of carbonyl (C=O) groups excluding carboxylic acids is 1. The van der Waals surface area contributed by atoms with Gasteiger partial charge in [0.15, 0.2) is 0 Å². The third kappa shape index (κ3) is 5.65. The molecule has 0 spiro atoms. The van der Waals surface area contributed by atoms with Gasteiger partial charge in [0, 0.05) is 31.4 Å². The molecule has 5 nitrogen and oxygen atoms in total. The molecule has 2 aliphatic carbocycles. The van der Waals surface area contributed by atoms with Gasteiger partial charge in [-0.3, -0.25) is 0 Å². The number of ether oxygens (including phenoxy) is 1. The maximum Gasteiger partial charge on any atom is 0.500 e. The summed E-state index contributed by atoms with van der Waals surface area (Å²) in [6, 6.07) is 0.758. The van der Waals surface area contributed by atoms with Gasteiger partial charge in [0.05, 0.1) is 6.61 Å². The van der Waals surface area contributed by atoms with Crippen LogP contribution in [0.1, 0.15) is 59.3 Å². The fourth-order valence-electron chi connectivity index (χ4n) is 4.35. The molecule has 26 heavy (non-hydrogen) atoms. The van der Waals surface area contributed by atoms with E-state index in [4.69, 9.17) is 18.0 Å². The van der Waals surface area contributed by atoms with Crippen molar-refractivity contribution < 1.29 is 22.8 Å². The molecule has 150 valence electrons. The third-order valence-electron chi connectivity index (χ3n) is 5.52. The summed E-state index contributed by atoms with van der Waals surface area (Å²) in [5, 5.41) is 0. The zero-order chi connectivity index (χ0) is 19.0. The van der Waals surface area contributed by atoms with E-state index in [-0.39, 0.29) is 5.97 Å². The molecule has 0 bridgehead atoms. The van der Waals surface area contributed by atoms with Crippen LogP contribution in [0.5, 0.6) is 0 Å². The van der Waals surface area contributed by atoms with Gasteiger partial charge in [-0.1, -0.05) is 19.4 Å². The highest BCUT2D eigenvalue weighted by Gasteiger charge is 2.53. The summed E-state index contributed by atoms with van der Waals surface area (Å²) in [6.07, 6.45) is 6.75. The number of hydrogen-bond acceptors (Lipinski definition) is 5. The molecule has 2 rings (SSSR count). The van der Waals surface area contributed by atoms with Gasteiger partial charge in [-0.2, -0.15) is 0 Å². The van der Waals surface area contributed by atoms with Crippen molar-refractivity contribution in [3.63, 3.8) is 0 Å². The summed E-state index contributed by atoms with van der Waals surface area (Å²) in [5.74, 6) is 1.57. The minimum atomic E-state index is -2.58. The van der Waals surface area contributed by atoms with E-state index in [9.17, 15) is 4.79 Å². The van der Waals surface area contributed by atoms with Gasteiger partial charge in [0.2, 0.25) is 0 Å². The normalized spacial score (nSPS) is 24.8. The Morgan fingerprint density at radius 2 is 1.50 bits per heavy atom. The fourth-order valence-corrected chi connectivity index (χ4v) is 7.03. The zero-order valence-electron chi connectivity index (χ0n) is 16.8. The molecule has 6 heteroatoms. The summed E-state index contributed by atoms with van der Waals surface area (Å²) in [5.41, 5.74) is 0.698. The predicted octanol–water partition coefficient (Wildman–Crippen LogP) is 4.35. The van der Waals surface area contributed by atoms with Crippen molar-refractivity contribution in [2.75, 3.05) is 26.4 Å². The molecule has 2 fully saturated rings. The molecule has 0 aromatic rings. The first-order valence-electron chi connectivity index (χ1n) is 10.4. The fraction of sp³-hybridized carbons (Fsp3) is 0.850. The molecule has 2 unspecified atom stereocenters. The molecule has 0 aliphatic heterocycles. The second-order valence-electron chi connectivity index (χ2n) is 7.24. The Morgan fingerprint density at radius 3 is 2.00 bits per heavy atom. The van der Waals surface area contributed by atoms with E-state index in [0.717, 1.165) is 18.9 Å². The van der Waals surface area contributed by atoms with E-state index in [1.54, 1.807) is 0 Å². The summed E-state index contributed by atoms with van der Waals surface area (Å²) in [4.78, 5) is 12.2. The average Bonchev–Trinajstić information content (AvgIpc) is 3.35. The lowest BCUT2D eigenvalue weighted by Crippen LogP contribution is -2.45. The Morgan fingerprint density at radius 1 is 0.962 bits per heavy atom. The topological polar surface area (TPSA) is 54.0 Å². The van der Waals surface area contributed by atoms with Crippen molar-refractivity contribution in [3.05, 3.63) is 12.2 Å².